The van der Waals surface area contributed by atoms with Crippen LogP contribution in [0.2, 0.25) is 0 Å². The van der Waals surface area contributed by atoms with E-state index in [0.717, 1.165) is 43.3 Å². The first-order valence-electron chi connectivity index (χ1n) is 7.90. The van der Waals surface area contributed by atoms with E-state index in [4.69, 9.17) is 10.5 Å². The number of thioether (sulfide) groups is 1. The van der Waals surface area contributed by atoms with Crippen molar-refractivity contribution in [3.05, 3.63) is 34.7 Å². The third-order valence-corrected chi connectivity index (χ3v) is 4.68. The Morgan fingerprint density at radius 2 is 2.12 bits per heavy atom. The number of carbonyl (C=O) groups excluding carboxylic acids is 2. The summed E-state index contributed by atoms with van der Waals surface area (Å²) in [7, 11) is 0. The molecule has 7 heteroatoms. The molecule has 0 bridgehead atoms. The van der Waals surface area contributed by atoms with E-state index in [0.29, 0.717) is 10.7 Å². The van der Waals surface area contributed by atoms with Crippen LogP contribution >= 0.6 is 11.8 Å². The topological polar surface area (TPSA) is 85.0 Å². The Hall–Kier alpha value is -2.28. The Morgan fingerprint density at radius 3 is 2.83 bits per heavy atom. The lowest BCUT2D eigenvalue weighted by Gasteiger charge is -2.26. The van der Waals surface area contributed by atoms with Gasteiger partial charge in [0.1, 0.15) is 5.75 Å². The molecule has 2 aliphatic rings. The van der Waals surface area contributed by atoms with Crippen LogP contribution in [0.4, 0.5) is 0 Å². The number of piperidine rings is 1. The van der Waals surface area contributed by atoms with E-state index >= 15 is 0 Å². The van der Waals surface area contributed by atoms with Gasteiger partial charge in [-0.15, -0.1) is 0 Å². The average molecular weight is 345 g/mol. The monoisotopic (exact) mass is 345 g/mol. The minimum absolute atomic E-state index is 0.0150. The molecule has 2 aliphatic heterocycles. The summed E-state index contributed by atoms with van der Waals surface area (Å²) in [5, 5.41) is 0.255. The van der Waals surface area contributed by atoms with Crippen LogP contribution in [0.3, 0.4) is 0 Å². The SMILES string of the molecule is NC1=NC(=O)/C(=C/c2cccc(OCC(=O)N3CCCCC3)c2)S1. The number of ether oxygens (including phenoxy) is 1. The zero-order valence-corrected chi connectivity index (χ0v) is 14.1. The molecule has 1 aromatic carbocycles. The van der Waals surface area contributed by atoms with Crippen LogP contribution in [-0.4, -0.2) is 41.6 Å². The Morgan fingerprint density at radius 1 is 1.33 bits per heavy atom. The van der Waals surface area contributed by atoms with Gasteiger partial charge in [0.05, 0.1) is 4.91 Å². The maximum atomic E-state index is 12.1. The molecule has 2 amide bonds. The van der Waals surface area contributed by atoms with Gasteiger partial charge >= 0.3 is 0 Å². The van der Waals surface area contributed by atoms with Crippen LogP contribution < -0.4 is 10.5 Å². The minimum Gasteiger partial charge on any atom is -0.484 e. The smallest absolute Gasteiger partial charge is 0.286 e. The van der Waals surface area contributed by atoms with E-state index in [1.165, 1.54) is 6.42 Å². The highest BCUT2D eigenvalue weighted by Gasteiger charge is 2.19. The summed E-state index contributed by atoms with van der Waals surface area (Å²) in [4.78, 5) is 29.8. The Bertz CT molecular complexity index is 709. The van der Waals surface area contributed by atoms with Gasteiger partial charge < -0.3 is 15.4 Å². The van der Waals surface area contributed by atoms with Gasteiger partial charge in [-0.1, -0.05) is 12.1 Å². The fourth-order valence-electron chi connectivity index (χ4n) is 2.65. The number of nitrogens with zero attached hydrogens (tertiary/aromatic N) is 2. The second-order valence-corrected chi connectivity index (χ2v) is 6.73. The zero-order valence-electron chi connectivity index (χ0n) is 13.2. The number of rotatable bonds is 4. The zero-order chi connectivity index (χ0) is 16.9. The van der Waals surface area contributed by atoms with Gasteiger partial charge in [-0.25, -0.2) is 0 Å². The number of nitrogens with two attached hydrogens (primary N) is 1. The molecule has 0 atom stereocenters. The first-order valence-corrected chi connectivity index (χ1v) is 8.72. The lowest BCUT2D eigenvalue weighted by atomic mass is 10.1. The molecule has 6 nitrogen and oxygen atoms in total. The number of amides is 2. The van der Waals surface area contributed by atoms with Crippen molar-refractivity contribution in [2.45, 2.75) is 19.3 Å². The summed E-state index contributed by atoms with van der Waals surface area (Å²) in [6.07, 6.45) is 5.03. The Labute approximate surface area is 144 Å². The molecule has 1 aromatic rings. The molecule has 0 aromatic heterocycles. The molecule has 1 fully saturated rings. The van der Waals surface area contributed by atoms with Crippen molar-refractivity contribution in [1.82, 2.24) is 4.90 Å². The van der Waals surface area contributed by atoms with E-state index in [1.807, 2.05) is 17.0 Å². The molecule has 0 saturated carbocycles. The molecule has 1 saturated heterocycles. The van der Waals surface area contributed by atoms with E-state index in [-0.39, 0.29) is 23.6 Å². The van der Waals surface area contributed by atoms with Gasteiger partial charge in [-0.2, -0.15) is 4.99 Å². The van der Waals surface area contributed by atoms with E-state index < -0.39 is 0 Å². The minimum atomic E-state index is -0.330. The van der Waals surface area contributed by atoms with Gasteiger partial charge in [0, 0.05) is 13.1 Å². The van der Waals surface area contributed by atoms with Crippen molar-refractivity contribution in [2.75, 3.05) is 19.7 Å². The highest BCUT2D eigenvalue weighted by Crippen LogP contribution is 2.27. The first-order chi connectivity index (χ1) is 11.6. The van der Waals surface area contributed by atoms with E-state index in [2.05, 4.69) is 4.99 Å². The number of amidine groups is 1. The fraction of sp³-hybridized carbons (Fsp3) is 0.353. The summed E-state index contributed by atoms with van der Waals surface area (Å²) in [5.41, 5.74) is 6.34. The van der Waals surface area contributed by atoms with Crippen molar-refractivity contribution in [3.63, 3.8) is 0 Å². The van der Waals surface area contributed by atoms with Crippen LogP contribution in [0, 0.1) is 0 Å². The average Bonchev–Trinajstić information content (AvgIpc) is 2.91. The summed E-state index contributed by atoms with van der Waals surface area (Å²) in [5.74, 6) is 0.282. The van der Waals surface area contributed by atoms with Crippen LogP contribution in [0.15, 0.2) is 34.2 Å². The van der Waals surface area contributed by atoms with Gasteiger partial charge in [0.25, 0.3) is 11.8 Å². The maximum absolute atomic E-state index is 12.1. The van der Waals surface area contributed by atoms with Crippen LogP contribution in [0.25, 0.3) is 6.08 Å². The standard InChI is InChI=1S/C17H19N3O3S/c18-17-19-16(22)14(24-17)10-12-5-4-6-13(9-12)23-11-15(21)20-7-2-1-3-8-20/h4-6,9-10H,1-3,7-8,11H2,(H2,18,19,22)/b14-10-. The van der Waals surface area contributed by atoms with E-state index in [9.17, 15) is 9.59 Å². The van der Waals surface area contributed by atoms with Gasteiger partial charge in [0.15, 0.2) is 11.8 Å². The number of hydrogen-bond acceptors (Lipinski definition) is 5. The van der Waals surface area contributed by atoms with E-state index in [1.54, 1.807) is 18.2 Å². The lowest BCUT2D eigenvalue weighted by Crippen LogP contribution is -2.38. The van der Waals surface area contributed by atoms with Crippen LogP contribution in [-0.2, 0) is 9.59 Å². The number of benzene rings is 1. The molecular formula is C17H19N3O3S. The number of carbonyl (C=O) groups is 2. The summed E-state index contributed by atoms with van der Waals surface area (Å²) < 4.78 is 5.61. The van der Waals surface area contributed by atoms with Crippen molar-refractivity contribution in [3.8, 4) is 5.75 Å². The highest BCUT2D eigenvalue weighted by atomic mass is 32.2. The molecule has 126 valence electrons. The predicted molar refractivity (Wildman–Crippen MR) is 94.6 cm³/mol. The van der Waals surface area contributed by atoms with Crippen molar-refractivity contribution in [1.29, 1.82) is 0 Å². The summed E-state index contributed by atoms with van der Waals surface area (Å²) >= 11 is 1.15. The number of aliphatic imine (C=N–C) groups is 1. The van der Waals surface area contributed by atoms with Gasteiger partial charge in [0.2, 0.25) is 0 Å². The normalized spacial score (nSPS) is 19.5. The third kappa shape index (κ3) is 4.17. The molecule has 2 N–H and O–H groups in total. The first kappa shape index (κ1) is 16.6. The fourth-order valence-corrected chi connectivity index (χ4v) is 3.33. The lowest BCUT2D eigenvalue weighted by molar-refractivity contribution is -0.134. The summed E-state index contributed by atoms with van der Waals surface area (Å²) in [6, 6.07) is 7.26. The number of likely N-dealkylation sites (tertiary alicyclic amines) is 1. The molecule has 0 spiro atoms. The van der Waals surface area contributed by atoms with Gasteiger partial charge in [-0.05, 0) is 54.8 Å². The largest absolute Gasteiger partial charge is 0.484 e. The van der Waals surface area contributed by atoms with Crippen LogP contribution in [0.1, 0.15) is 24.8 Å². The van der Waals surface area contributed by atoms with Crippen molar-refractivity contribution < 1.29 is 14.3 Å². The molecule has 24 heavy (non-hydrogen) atoms. The molecule has 0 aliphatic carbocycles. The van der Waals surface area contributed by atoms with Crippen LogP contribution in [0.5, 0.6) is 5.75 Å². The molecular weight excluding hydrogens is 326 g/mol. The van der Waals surface area contributed by atoms with Crippen molar-refractivity contribution in [2.24, 2.45) is 10.7 Å². The molecule has 3 rings (SSSR count). The predicted octanol–water partition coefficient (Wildman–Crippen LogP) is 2.01. The van der Waals surface area contributed by atoms with Crippen molar-refractivity contribution >= 4 is 34.8 Å². The number of hydrogen-bond donors (Lipinski definition) is 1. The molecule has 0 radical (unpaired) electrons. The quantitative estimate of drug-likeness (QED) is 0.844. The molecule has 2 heterocycles. The van der Waals surface area contributed by atoms with Gasteiger partial charge in [-0.3, -0.25) is 9.59 Å². The Kier molecular flexibility index (Phi) is 5.20. The second kappa shape index (κ2) is 7.53. The maximum Gasteiger partial charge on any atom is 0.286 e. The second-order valence-electron chi connectivity index (χ2n) is 5.67. The molecule has 0 unspecified atom stereocenters. The summed E-state index contributed by atoms with van der Waals surface area (Å²) in [6.45, 7) is 1.66. The Balaban J connectivity index is 1.60. The highest BCUT2D eigenvalue weighted by molar-refractivity contribution is 8.18. The third-order valence-electron chi connectivity index (χ3n) is 3.86.